The fourth-order valence-corrected chi connectivity index (χ4v) is 2.98. The number of nitrogens with one attached hydrogen (secondary N) is 1. The van der Waals surface area contributed by atoms with Gasteiger partial charge in [-0.2, -0.15) is 0 Å². The van der Waals surface area contributed by atoms with Gasteiger partial charge in [0.1, 0.15) is 11.6 Å². The molecule has 0 radical (unpaired) electrons. The van der Waals surface area contributed by atoms with Crippen LogP contribution in [0.3, 0.4) is 0 Å². The molecule has 0 aromatic heterocycles. The molecular weight excluding hydrogens is 373 g/mol. The number of anilines is 2. The Kier molecular flexibility index (Phi) is 4.92. The molecule has 3 rings (SSSR count). The van der Waals surface area contributed by atoms with Crippen molar-refractivity contribution in [2.45, 2.75) is 6.42 Å². The normalized spacial score (nSPS) is 17.0. The van der Waals surface area contributed by atoms with E-state index in [1.807, 2.05) is 0 Å². The van der Waals surface area contributed by atoms with Crippen LogP contribution in [0.5, 0.6) is 0 Å². The summed E-state index contributed by atoms with van der Waals surface area (Å²) in [5, 5.41) is 3.33. The highest BCUT2D eigenvalue weighted by molar-refractivity contribution is 6.35. The van der Waals surface area contributed by atoms with Crippen LogP contribution in [-0.4, -0.2) is 18.4 Å². The van der Waals surface area contributed by atoms with Crippen molar-refractivity contribution < 1.29 is 18.4 Å². The molecule has 1 atom stereocenters. The third kappa shape index (κ3) is 3.75. The molecule has 1 N–H and O–H groups in total. The Morgan fingerprint density at radius 1 is 1.16 bits per heavy atom. The molecule has 1 heterocycles. The van der Waals surface area contributed by atoms with Crippen molar-refractivity contribution in [3.8, 4) is 0 Å². The van der Waals surface area contributed by atoms with Gasteiger partial charge >= 0.3 is 0 Å². The zero-order valence-corrected chi connectivity index (χ0v) is 14.2. The van der Waals surface area contributed by atoms with Crippen molar-refractivity contribution in [3.63, 3.8) is 0 Å². The Morgan fingerprint density at radius 2 is 1.92 bits per heavy atom. The maximum Gasteiger partial charge on any atom is 0.229 e. The Morgan fingerprint density at radius 3 is 2.64 bits per heavy atom. The summed E-state index contributed by atoms with van der Waals surface area (Å²) in [7, 11) is 0. The highest BCUT2D eigenvalue weighted by Crippen LogP contribution is 2.30. The van der Waals surface area contributed by atoms with Gasteiger partial charge in [0.25, 0.3) is 0 Å². The molecule has 4 nitrogen and oxygen atoms in total. The van der Waals surface area contributed by atoms with E-state index in [2.05, 4.69) is 5.32 Å². The quantitative estimate of drug-likeness (QED) is 0.858. The fraction of sp³-hybridized carbons (Fsp3) is 0.176. The maximum atomic E-state index is 13.9. The van der Waals surface area contributed by atoms with Crippen molar-refractivity contribution >= 4 is 46.4 Å². The highest BCUT2D eigenvalue weighted by atomic mass is 35.5. The molecule has 1 fully saturated rings. The third-order valence-electron chi connectivity index (χ3n) is 3.88. The molecule has 0 aliphatic carbocycles. The van der Waals surface area contributed by atoms with Gasteiger partial charge < -0.3 is 10.2 Å². The SMILES string of the molecule is O=C(Nc1cc(Cl)ccc1Cl)C1CC(=O)N(c2ccc(F)cc2F)C1. The van der Waals surface area contributed by atoms with Gasteiger partial charge in [0.2, 0.25) is 11.8 Å². The van der Waals surface area contributed by atoms with Gasteiger partial charge in [-0.05, 0) is 30.3 Å². The predicted molar refractivity (Wildman–Crippen MR) is 91.9 cm³/mol. The molecular formula is C17H12Cl2F2N2O2. The van der Waals surface area contributed by atoms with E-state index in [0.717, 1.165) is 11.0 Å². The summed E-state index contributed by atoms with van der Waals surface area (Å²) in [4.78, 5) is 25.7. The number of amides is 2. The van der Waals surface area contributed by atoms with Gasteiger partial charge in [-0.25, -0.2) is 8.78 Å². The Hall–Kier alpha value is -2.18. The van der Waals surface area contributed by atoms with Gasteiger partial charge in [0.05, 0.1) is 22.3 Å². The molecule has 8 heteroatoms. The van der Waals surface area contributed by atoms with Crippen LogP contribution >= 0.6 is 23.2 Å². The minimum absolute atomic E-state index is 0.00853. The Labute approximate surface area is 152 Å². The summed E-state index contributed by atoms with van der Waals surface area (Å²) in [6.07, 6.45) is -0.0825. The number of hydrogen-bond donors (Lipinski definition) is 1. The van der Waals surface area contributed by atoms with Crippen LogP contribution in [0.25, 0.3) is 0 Å². The van der Waals surface area contributed by atoms with Gasteiger partial charge in [-0.3, -0.25) is 9.59 Å². The average molecular weight is 385 g/mol. The molecule has 0 saturated carbocycles. The number of nitrogens with zero attached hydrogens (tertiary/aromatic N) is 1. The largest absolute Gasteiger partial charge is 0.324 e. The van der Waals surface area contributed by atoms with Crippen molar-refractivity contribution in [3.05, 3.63) is 58.1 Å². The van der Waals surface area contributed by atoms with Gasteiger partial charge in [0, 0.05) is 24.1 Å². The average Bonchev–Trinajstić information content (AvgIpc) is 2.93. The van der Waals surface area contributed by atoms with Crippen LogP contribution in [-0.2, 0) is 9.59 Å². The van der Waals surface area contributed by atoms with Crippen LogP contribution in [0.15, 0.2) is 36.4 Å². The number of carbonyl (C=O) groups is 2. The molecule has 1 aliphatic heterocycles. The minimum atomic E-state index is -0.854. The van der Waals surface area contributed by atoms with Crippen LogP contribution < -0.4 is 10.2 Å². The van der Waals surface area contributed by atoms with Crippen molar-refractivity contribution in [2.24, 2.45) is 5.92 Å². The summed E-state index contributed by atoms with van der Waals surface area (Å²) >= 11 is 11.9. The molecule has 1 aliphatic rings. The zero-order chi connectivity index (χ0) is 18.1. The molecule has 2 aromatic rings. The van der Waals surface area contributed by atoms with E-state index in [-0.39, 0.29) is 18.7 Å². The second-order valence-electron chi connectivity index (χ2n) is 5.61. The van der Waals surface area contributed by atoms with Crippen LogP contribution in [0, 0.1) is 17.6 Å². The summed E-state index contributed by atoms with van der Waals surface area (Å²) in [5.74, 6) is -3.12. The number of carbonyl (C=O) groups excluding carboxylic acids is 2. The zero-order valence-electron chi connectivity index (χ0n) is 12.7. The molecule has 130 valence electrons. The first-order valence-corrected chi connectivity index (χ1v) is 8.12. The molecule has 25 heavy (non-hydrogen) atoms. The first-order valence-electron chi connectivity index (χ1n) is 7.36. The highest BCUT2D eigenvalue weighted by Gasteiger charge is 2.36. The minimum Gasteiger partial charge on any atom is -0.324 e. The molecule has 2 amide bonds. The van der Waals surface area contributed by atoms with Crippen LogP contribution in [0.4, 0.5) is 20.2 Å². The summed E-state index contributed by atoms with van der Waals surface area (Å²) in [5.41, 5.74) is 0.278. The summed E-state index contributed by atoms with van der Waals surface area (Å²) in [6.45, 7) is -0.00853. The monoisotopic (exact) mass is 384 g/mol. The number of hydrogen-bond acceptors (Lipinski definition) is 2. The summed E-state index contributed by atoms with van der Waals surface area (Å²) in [6, 6.07) is 7.55. The number of benzene rings is 2. The van der Waals surface area contributed by atoms with Crippen molar-refractivity contribution in [2.75, 3.05) is 16.8 Å². The van der Waals surface area contributed by atoms with Gasteiger partial charge in [0.15, 0.2) is 0 Å². The van der Waals surface area contributed by atoms with E-state index in [1.54, 1.807) is 12.1 Å². The Balaban J connectivity index is 1.75. The van der Waals surface area contributed by atoms with Crippen LogP contribution in [0.2, 0.25) is 10.0 Å². The molecule has 1 unspecified atom stereocenters. The topological polar surface area (TPSA) is 49.4 Å². The molecule has 0 bridgehead atoms. The molecule has 1 saturated heterocycles. The fourth-order valence-electron chi connectivity index (χ4n) is 2.64. The lowest BCUT2D eigenvalue weighted by Gasteiger charge is -2.17. The molecule has 2 aromatic carbocycles. The third-order valence-corrected chi connectivity index (χ3v) is 4.45. The first-order chi connectivity index (χ1) is 11.8. The van der Waals surface area contributed by atoms with Crippen molar-refractivity contribution in [1.82, 2.24) is 0 Å². The smallest absolute Gasteiger partial charge is 0.229 e. The van der Waals surface area contributed by atoms with Crippen LogP contribution in [0.1, 0.15) is 6.42 Å². The van der Waals surface area contributed by atoms with E-state index in [1.165, 1.54) is 12.1 Å². The Bertz CT molecular complexity index is 861. The van der Waals surface area contributed by atoms with E-state index in [4.69, 9.17) is 23.2 Å². The standard InChI is InChI=1S/C17H12Cl2F2N2O2/c18-10-1-3-12(19)14(6-10)22-17(25)9-5-16(24)23(8-9)15-4-2-11(20)7-13(15)21/h1-4,6-7,9H,5,8H2,(H,22,25). The predicted octanol–water partition coefficient (Wildman–Crippen LogP) is 4.26. The second-order valence-corrected chi connectivity index (χ2v) is 6.46. The van der Waals surface area contributed by atoms with E-state index >= 15 is 0 Å². The van der Waals surface area contributed by atoms with E-state index in [9.17, 15) is 18.4 Å². The van der Waals surface area contributed by atoms with Gasteiger partial charge in [-0.1, -0.05) is 23.2 Å². The van der Waals surface area contributed by atoms with Gasteiger partial charge in [-0.15, -0.1) is 0 Å². The van der Waals surface area contributed by atoms with E-state index in [0.29, 0.717) is 21.8 Å². The second kappa shape index (κ2) is 6.98. The lowest BCUT2D eigenvalue weighted by Crippen LogP contribution is -2.28. The first kappa shape index (κ1) is 17.6. The number of halogens is 4. The number of rotatable bonds is 3. The maximum absolute atomic E-state index is 13.9. The van der Waals surface area contributed by atoms with E-state index < -0.39 is 29.4 Å². The summed E-state index contributed by atoms with van der Waals surface area (Å²) < 4.78 is 26.9. The lowest BCUT2D eigenvalue weighted by molar-refractivity contribution is -0.122. The van der Waals surface area contributed by atoms with Crippen molar-refractivity contribution in [1.29, 1.82) is 0 Å². The molecule has 0 spiro atoms. The lowest BCUT2D eigenvalue weighted by atomic mass is 10.1.